The first-order valence-corrected chi connectivity index (χ1v) is 18.4. The van der Waals surface area contributed by atoms with E-state index in [1.165, 1.54) is 6.20 Å². The van der Waals surface area contributed by atoms with Crippen molar-refractivity contribution in [1.29, 1.82) is 0 Å². The van der Waals surface area contributed by atoms with E-state index in [0.29, 0.717) is 28.0 Å². The minimum atomic E-state index is -0.604. The van der Waals surface area contributed by atoms with Crippen LogP contribution in [-0.2, 0) is 9.68 Å². The van der Waals surface area contributed by atoms with Crippen molar-refractivity contribution < 1.29 is 139 Å². The molecule has 58 heavy (non-hydrogen) atoms. The zero-order chi connectivity index (χ0) is 39.6. The summed E-state index contributed by atoms with van der Waals surface area (Å²) in [6.45, 7) is 2.89. The number of primary amides is 2. The van der Waals surface area contributed by atoms with Crippen LogP contribution in [0.25, 0.3) is 33.2 Å². The molecule has 8 rings (SSSR count). The Labute approximate surface area is 446 Å². The summed E-state index contributed by atoms with van der Waals surface area (Å²) in [5, 5.41) is 40.0. The number of carbonyl (C=O) groups excluding carboxylic acids is 3. The molecule has 298 valence electrons. The van der Waals surface area contributed by atoms with Crippen LogP contribution in [0, 0.1) is 0 Å². The summed E-state index contributed by atoms with van der Waals surface area (Å²) in [4.78, 5) is 44.9. The molecule has 6 aromatic rings. The average molecular weight is 1020 g/mol. The number of nitrogens with one attached hydrogen (secondary N) is 1. The van der Waals surface area contributed by atoms with Crippen molar-refractivity contribution in [2.24, 2.45) is 11.5 Å². The number of nitrogens with zero attached hydrogens (tertiary/aromatic N) is 7. The fraction of sp³-hybridized carbons (Fsp3) is 0.229. The Hall–Kier alpha value is -1.46. The van der Waals surface area contributed by atoms with Crippen molar-refractivity contribution in [2.45, 2.75) is 25.0 Å². The van der Waals surface area contributed by atoms with Gasteiger partial charge >= 0.3 is 103 Å². The van der Waals surface area contributed by atoms with E-state index in [2.05, 4.69) is 62.2 Å². The molecule has 2 amide bonds. The van der Waals surface area contributed by atoms with Gasteiger partial charge in [-0.1, -0.05) is 55.6 Å². The number of nitrogens with two attached hydrogens (primary N) is 2. The molecule has 0 saturated carbocycles. The zero-order valence-corrected chi connectivity index (χ0v) is 42.2. The first-order chi connectivity index (χ1) is 26.4. The van der Waals surface area contributed by atoms with Crippen molar-refractivity contribution in [3.8, 4) is 11.4 Å². The molecule has 2 aliphatic heterocycles. The number of anilines is 1. The van der Waals surface area contributed by atoms with Crippen LogP contribution in [0.1, 0.15) is 35.2 Å². The van der Waals surface area contributed by atoms with Crippen molar-refractivity contribution in [3.63, 3.8) is 0 Å². The zero-order valence-electron chi connectivity index (χ0n) is 32.2. The molecule has 0 unspecified atom stereocenters. The summed E-state index contributed by atoms with van der Waals surface area (Å²) in [5.41, 5.74) is 14.2. The second-order valence-corrected chi connectivity index (χ2v) is 14.2. The van der Waals surface area contributed by atoms with Gasteiger partial charge in [-0.3, -0.25) is 14.4 Å². The summed E-state index contributed by atoms with van der Waals surface area (Å²) in [7, 11) is 0. The van der Waals surface area contributed by atoms with Crippen LogP contribution in [0.15, 0.2) is 82.0 Å². The van der Waals surface area contributed by atoms with Crippen molar-refractivity contribution in [1.82, 2.24) is 34.8 Å². The third kappa shape index (κ3) is 14.0. The molecule has 0 aliphatic carbocycles. The Morgan fingerprint density at radius 3 is 1.79 bits per heavy atom. The monoisotopic (exact) mass is 1010 g/mol. The maximum Gasteiger partial charge on any atom is 1.00 e. The second-order valence-electron chi connectivity index (χ2n) is 12.0. The Morgan fingerprint density at radius 1 is 0.879 bits per heavy atom. The number of rotatable bonds is 6. The van der Waals surface area contributed by atoms with E-state index in [1.54, 1.807) is 21.6 Å². The van der Waals surface area contributed by atoms with Crippen LogP contribution < -0.4 is 130 Å². The number of fused-ring (bicyclic) bond motifs is 2. The van der Waals surface area contributed by atoms with Crippen LogP contribution in [0.3, 0.4) is 0 Å². The van der Waals surface area contributed by atoms with Gasteiger partial charge in [-0.05, 0) is 55.8 Å². The normalized spacial score (nSPS) is 15.2. The van der Waals surface area contributed by atoms with E-state index in [9.17, 15) is 14.7 Å². The van der Waals surface area contributed by atoms with Gasteiger partial charge in [-0.2, -0.15) is 10.2 Å². The molecular formula is C35H36Br2Cl2K2N10O7. The van der Waals surface area contributed by atoms with Crippen molar-refractivity contribution in [3.05, 3.63) is 98.5 Å². The number of carbonyl (C=O) groups is 3. The Bertz CT molecular complexity index is 2330. The Morgan fingerprint density at radius 2 is 1.40 bits per heavy atom. The number of hydrogen-bond donors (Lipinski definition) is 5. The van der Waals surface area contributed by atoms with Gasteiger partial charge in [0.2, 0.25) is 0 Å². The molecule has 2 saturated heterocycles. The van der Waals surface area contributed by atoms with Crippen molar-refractivity contribution in [2.75, 3.05) is 31.1 Å². The number of aliphatic hydroxyl groups excluding tert-OH is 2. The van der Waals surface area contributed by atoms with Gasteiger partial charge in [0, 0.05) is 53.1 Å². The van der Waals surface area contributed by atoms with E-state index in [0.717, 1.165) is 64.1 Å². The Kier molecular flexibility index (Phi) is 23.1. The number of halogens is 4. The number of benzene rings is 2. The summed E-state index contributed by atoms with van der Waals surface area (Å²) < 4.78 is 5.12. The smallest absolute Gasteiger partial charge is 1.00 e. The predicted molar refractivity (Wildman–Crippen MR) is 217 cm³/mol. The maximum atomic E-state index is 11.8. The number of pyridine rings is 2. The van der Waals surface area contributed by atoms with Gasteiger partial charge in [-0.25, -0.2) is 19.3 Å². The summed E-state index contributed by atoms with van der Waals surface area (Å²) in [6, 6.07) is 18.7. The van der Waals surface area contributed by atoms with E-state index in [1.807, 2.05) is 59.5 Å². The third-order valence-electron chi connectivity index (χ3n) is 8.22. The SMILES string of the molecule is Cl.NC(=O)c1nn(-c2cccc(Br)c2)c2cc(Cl)ncc12.NC(=O)c1nn(-c2cccc(Br)c2)c2cc(N3CC[C@@H](O)C3)ncc12.O=CO[O-].O[C@@H]1CCNC1.[H-].[K+].[K+]. The quantitative estimate of drug-likeness (QED) is 0.0370. The van der Waals surface area contributed by atoms with Gasteiger partial charge in [0.25, 0.3) is 18.3 Å². The largest absolute Gasteiger partial charge is 1.00 e. The van der Waals surface area contributed by atoms with Crippen molar-refractivity contribution >= 4 is 102 Å². The fourth-order valence-corrected chi connectivity index (χ4v) is 6.65. The summed E-state index contributed by atoms with van der Waals surface area (Å²) >= 11 is 12.8. The van der Waals surface area contributed by atoms with Crippen LogP contribution in [-0.4, -0.2) is 96.4 Å². The van der Waals surface area contributed by atoms with E-state index in [-0.39, 0.29) is 147 Å². The average Bonchev–Trinajstić information content (AvgIpc) is 3.98. The number of amides is 2. The van der Waals surface area contributed by atoms with Gasteiger partial charge in [-0.15, -0.1) is 12.4 Å². The third-order valence-corrected chi connectivity index (χ3v) is 9.41. The van der Waals surface area contributed by atoms with Gasteiger partial charge in [0.1, 0.15) is 11.0 Å². The Balaban J connectivity index is 0.000000459. The minimum absolute atomic E-state index is 0. The summed E-state index contributed by atoms with van der Waals surface area (Å²) in [6.07, 6.45) is 4.37. The predicted octanol–water partition coefficient (Wildman–Crippen LogP) is -2.89. The number of aromatic nitrogens is 6. The molecule has 0 bridgehead atoms. The summed E-state index contributed by atoms with van der Waals surface area (Å²) in [5.74, 6) is -0.450. The molecule has 7 N–H and O–H groups in total. The van der Waals surface area contributed by atoms with E-state index >= 15 is 0 Å². The second kappa shape index (κ2) is 25.5. The van der Waals surface area contributed by atoms with E-state index < -0.39 is 11.8 Å². The van der Waals surface area contributed by atoms with Crippen LogP contribution in [0.4, 0.5) is 5.82 Å². The van der Waals surface area contributed by atoms with Gasteiger partial charge < -0.3 is 43.5 Å². The molecule has 2 aromatic carbocycles. The standard InChI is InChI=1S/C17H16BrN5O2.C13H8BrClN4O.C4H9NO.CH2O3.ClH.2K.H/c18-10-2-1-3-11(6-10)23-14-7-15(22-5-4-12(24)9-22)20-8-13(14)16(21-23)17(19)25;14-7-2-1-3-8(4-7)19-10-5-11(15)17-6-9(10)12(18-19)13(16)20;6-4-1-2-5-3-4;2-1-4-3;;;;/h1-3,6-8,12,24H,4-5,9H2,(H2,19,25);1-6H,(H2,16,20);4-6H,1-3H2;1,3H;1H;;;/q;;;;;2*+1;-1/p-1/t12-;;4-;;;;;/m1.1...../s1. The topological polar surface area (TPSA) is 253 Å². The van der Waals surface area contributed by atoms with Crippen LogP contribution >= 0.6 is 55.9 Å². The molecule has 0 radical (unpaired) electrons. The first kappa shape index (κ1) is 52.7. The molecule has 23 heteroatoms. The molecular weight excluding hydrogens is 981 g/mol. The minimum Gasteiger partial charge on any atom is -1.00 e. The molecule has 2 aliphatic rings. The van der Waals surface area contributed by atoms with E-state index in [4.69, 9.17) is 38.2 Å². The number of hydrogen-bond acceptors (Lipinski definition) is 13. The van der Waals surface area contributed by atoms with Gasteiger partial charge in [0.05, 0.1) is 45.4 Å². The van der Waals surface area contributed by atoms with Gasteiger partial charge in [0.15, 0.2) is 11.4 Å². The molecule has 0 spiro atoms. The molecule has 6 heterocycles. The fourth-order valence-electron chi connectivity index (χ4n) is 5.72. The maximum absolute atomic E-state index is 11.8. The van der Waals surface area contributed by atoms with Crippen LogP contribution in [0.2, 0.25) is 5.15 Å². The number of β-amino-alcohol motifs (C(OH)–C–C–N with tert-alkyl or cyclic N) is 2. The molecule has 17 nitrogen and oxygen atoms in total. The first-order valence-electron chi connectivity index (χ1n) is 16.5. The molecule has 2 atom stereocenters. The molecule has 2 fully saturated rings. The van der Waals surface area contributed by atoms with Crippen LogP contribution in [0.5, 0.6) is 0 Å². The molecule has 4 aromatic heterocycles. The number of aliphatic hydroxyl groups is 2.